The predicted molar refractivity (Wildman–Crippen MR) is 58.4 cm³/mol. The maximum absolute atomic E-state index is 12.4. The standard InChI is InChI=1S/C10H14F3N3O/c1-2-6(17)4-15-8-3-9(10(11,12)13)16-5-7(8)14/h3,5-6,17H,2,4,14H2,1H3,(H,15,16). The van der Waals surface area contributed by atoms with Gasteiger partial charge >= 0.3 is 6.18 Å². The van der Waals surface area contributed by atoms with Crippen LogP contribution in [0.3, 0.4) is 0 Å². The number of aromatic nitrogens is 1. The highest BCUT2D eigenvalue weighted by Gasteiger charge is 2.32. The third kappa shape index (κ3) is 3.77. The number of alkyl halides is 3. The average molecular weight is 249 g/mol. The van der Waals surface area contributed by atoms with Gasteiger partial charge in [-0.25, -0.2) is 4.98 Å². The van der Waals surface area contributed by atoms with Gasteiger partial charge in [0.25, 0.3) is 0 Å². The molecule has 4 N–H and O–H groups in total. The highest BCUT2D eigenvalue weighted by molar-refractivity contribution is 5.65. The number of pyridine rings is 1. The Hall–Kier alpha value is -1.50. The molecule has 0 aliphatic rings. The zero-order valence-corrected chi connectivity index (χ0v) is 9.25. The molecule has 1 unspecified atom stereocenters. The van der Waals surface area contributed by atoms with E-state index in [2.05, 4.69) is 10.3 Å². The number of nitrogens with one attached hydrogen (secondary N) is 1. The maximum Gasteiger partial charge on any atom is 0.433 e. The Morgan fingerprint density at radius 3 is 2.71 bits per heavy atom. The molecule has 7 heteroatoms. The first-order valence-corrected chi connectivity index (χ1v) is 5.09. The summed E-state index contributed by atoms with van der Waals surface area (Å²) in [5, 5.41) is 12.0. The Kier molecular flexibility index (Phi) is 4.17. The van der Waals surface area contributed by atoms with Crippen LogP contribution >= 0.6 is 0 Å². The Bertz CT molecular complexity index is 382. The van der Waals surface area contributed by atoms with Crippen LogP contribution in [0.5, 0.6) is 0 Å². The van der Waals surface area contributed by atoms with Crippen LogP contribution in [0.2, 0.25) is 0 Å². The largest absolute Gasteiger partial charge is 0.433 e. The molecular formula is C10H14F3N3O. The van der Waals surface area contributed by atoms with E-state index in [0.29, 0.717) is 6.42 Å². The van der Waals surface area contributed by atoms with E-state index in [4.69, 9.17) is 5.73 Å². The summed E-state index contributed by atoms with van der Waals surface area (Å²) in [6.45, 7) is 1.91. The first-order valence-electron chi connectivity index (χ1n) is 5.09. The third-order valence-corrected chi connectivity index (χ3v) is 2.22. The summed E-state index contributed by atoms with van der Waals surface area (Å²) >= 11 is 0. The van der Waals surface area contributed by atoms with Crippen molar-refractivity contribution in [3.63, 3.8) is 0 Å². The Labute approximate surface area is 96.7 Å². The summed E-state index contributed by atoms with van der Waals surface area (Å²) in [6.07, 6.45) is -3.68. The van der Waals surface area contributed by atoms with Crippen LogP contribution in [0.25, 0.3) is 0 Å². The number of hydrogen-bond donors (Lipinski definition) is 3. The van der Waals surface area contributed by atoms with Crippen LogP contribution in [0, 0.1) is 0 Å². The second-order valence-corrected chi connectivity index (χ2v) is 3.60. The van der Waals surface area contributed by atoms with Gasteiger partial charge in [0.1, 0.15) is 5.69 Å². The maximum atomic E-state index is 12.4. The lowest BCUT2D eigenvalue weighted by molar-refractivity contribution is -0.141. The average Bonchev–Trinajstić information content (AvgIpc) is 2.26. The number of anilines is 2. The fourth-order valence-corrected chi connectivity index (χ4v) is 1.15. The lowest BCUT2D eigenvalue weighted by Crippen LogP contribution is -2.19. The van der Waals surface area contributed by atoms with E-state index in [1.807, 2.05) is 0 Å². The van der Waals surface area contributed by atoms with Crippen molar-refractivity contribution in [3.05, 3.63) is 18.0 Å². The molecule has 1 aromatic rings. The van der Waals surface area contributed by atoms with Gasteiger partial charge in [0.15, 0.2) is 0 Å². The van der Waals surface area contributed by atoms with Gasteiger partial charge < -0.3 is 16.2 Å². The van der Waals surface area contributed by atoms with E-state index >= 15 is 0 Å². The van der Waals surface area contributed by atoms with E-state index in [9.17, 15) is 18.3 Å². The van der Waals surface area contributed by atoms with Gasteiger partial charge in [-0.05, 0) is 12.5 Å². The summed E-state index contributed by atoms with van der Waals surface area (Å²) in [6, 6.07) is 0.831. The minimum Gasteiger partial charge on any atom is -0.396 e. The van der Waals surface area contributed by atoms with Crippen molar-refractivity contribution in [2.75, 3.05) is 17.6 Å². The van der Waals surface area contributed by atoms with Crippen molar-refractivity contribution in [1.82, 2.24) is 4.98 Å². The molecule has 1 rings (SSSR count). The minimum absolute atomic E-state index is 0.112. The van der Waals surface area contributed by atoms with Crippen molar-refractivity contribution < 1.29 is 18.3 Å². The Balaban J connectivity index is 2.84. The minimum atomic E-state index is -4.51. The zero-order valence-electron chi connectivity index (χ0n) is 9.25. The number of nitrogens with zero attached hydrogens (tertiary/aromatic N) is 1. The quantitative estimate of drug-likeness (QED) is 0.761. The van der Waals surface area contributed by atoms with Gasteiger partial charge in [-0.1, -0.05) is 6.92 Å². The Morgan fingerprint density at radius 2 is 2.18 bits per heavy atom. The van der Waals surface area contributed by atoms with Crippen LogP contribution in [0.15, 0.2) is 12.3 Å². The van der Waals surface area contributed by atoms with Crippen LogP contribution in [-0.4, -0.2) is 22.7 Å². The van der Waals surface area contributed by atoms with Gasteiger partial charge in [0.05, 0.1) is 23.7 Å². The van der Waals surface area contributed by atoms with Crippen molar-refractivity contribution in [1.29, 1.82) is 0 Å². The van der Waals surface area contributed by atoms with E-state index in [1.54, 1.807) is 6.92 Å². The van der Waals surface area contributed by atoms with Gasteiger partial charge in [0, 0.05) is 6.54 Å². The van der Waals surface area contributed by atoms with Crippen molar-refractivity contribution in [2.45, 2.75) is 25.6 Å². The summed E-state index contributed by atoms with van der Waals surface area (Å²) in [4.78, 5) is 3.20. The number of aliphatic hydroxyl groups excluding tert-OH is 1. The highest BCUT2D eigenvalue weighted by Crippen LogP contribution is 2.30. The molecule has 1 atom stereocenters. The SMILES string of the molecule is CCC(O)CNc1cc(C(F)(F)F)ncc1N. The van der Waals surface area contributed by atoms with Gasteiger partial charge in [-0.15, -0.1) is 0 Å². The Morgan fingerprint density at radius 1 is 1.53 bits per heavy atom. The topological polar surface area (TPSA) is 71.2 Å². The molecule has 0 aromatic carbocycles. The summed E-state index contributed by atoms with van der Waals surface area (Å²) in [7, 11) is 0. The van der Waals surface area contributed by atoms with Crippen LogP contribution in [-0.2, 0) is 6.18 Å². The van der Waals surface area contributed by atoms with Gasteiger partial charge in [-0.3, -0.25) is 0 Å². The first-order chi connectivity index (χ1) is 7.84. The summed E-state index contributed by atoms with van der Waals surface area (Å²) in [5.41, 5.74) is 4.71. The first kappa shape index (κ1) is 13.6. The number of nitrogen functional groups attached to an aromatic ring is 1. The molecule has 0 aliphatic carbocycles. The summed E-state index contributed by atoms with van der Waals surface area (Å²) in [5.74, 6) is 0. The molecule has 1 aromatic heterocycles. The molecule has 0 amide bonds. The molecule has 0 spiro atoms. The van der Waals surface area contributed by atoms with Crippen LogP contribution < -0.4 is 11.1 Å². The van der Waals surface area contributed by atoms with Crippen molar-refractivity contribution in [2.24, 2.45) is 0 Å². The van der Waals surface area contributed by atoms with E-state index in [0.717, 1.165) is 12.3 Å². The summed E-state index contributed by atoms with van der Waals surface area (Å²) < 4.78 is 37.2. The molecule has 0 fully saturated rings. The monoisotopic (exact) mass is 249 g/mol. The lowest BCUT2D eigenvalue weighted by atomic mass is 10.2. The molecular weight excluding hydrogens is 235 g/mol. The van der Waals surface area contributed by atoms with Crippen molar-refractivity contribution in [3.8, 4) is 0 Å². The molecule has 17 heavy (non-hydrogen) atoms. The molecule has 0 bridgehead atoms. The number of halogens is 3. The van der Waals surface area contributed by atoms with E-state index in [-0.39, 0.29) is 17.9 Å². The second-order valence-electron chi connectivity index (χ2n) is 3.60. The fraction of sp³-hybridized carbons (Fsp3) is 0.500. The van der Waals surface area contributed by atoms with E-state index in [1.165, 1.54) is 0 Å². The van der Waals surface area contributed by atoms with Crippen LogP contribution in [0.4, 0.5) is 24.5 Å². The van der Waals surface area contributed by atoms with Gasteiger partial charge in [-0.2, -0.15) is 13.2 Å². The second kappa shape index (κ2) is 5.22. The highest BCUT2D eigenvalue weighted by atomic mass is 19.4. The molecule has 0 saturated heterocycles. The van der Waals surface area contributed by atoms with Gasteiger partial charge in [0.2, 0.25) is 0 Å². The third-order valence-electron chi connectivity index (χ3n) is 2.22. The molecule has 96 valence electrons. The zero-order chi connectivity index (χ0) is 13.1. The molecule has 1 heterocycles. The number of aliphatic hydroxyl groups is 1. The molecule has 4 nitrogen and oxygen atoms in total. The number of nitrogens with two attached hydrogens (primary N) is 1. The lowest BCUT2D eigenvalue weighted by Gasteiger charge is -2.14. The smallest absolute Gasteiger partial charge is 0.396 e. The van der Waals surface area contributed by atoms with E-state index < -0.39 is 18.0 Å². The number of rotatable bonds is 4. The van der Waals surface area contributed by atoms with Crippen LogP contribution in [0.1, 0.15) is 19.0 Å². The normalized spacial score (nSPS) is 13.5. The molecule has 0 radical (unpaired) electrons. The fourth-order valence-electron chi connectivity index (χ4n) is 1.15. The molecule has 0 aliphatic heterocycles. The number of hydrogen-bond acceptors (Lipinski definition) is 4. The van der Waals surface area contributed by atoms with Crippen molar-refractivity contribution >= 4 is 11.4 Å². The predicted octanol–water partition coefficient (Wildman–Crippen LogP) is 1.87. The molecule has 0 saturated carbocycles.